The monoisotopic (exact) mass is 496 g/mol. The van der Waals surface area contributed by atoms with Gasteiger partial charge in [-0.15, -0.1) is 0 Å². The van der Waals surface area contributed by atoms with E-state index in [0.29, 0.717) is 44.2 Å². The van der Waals surface area contributed by atoms with E-state index in [1.807, 2.05) is 26.1 Å². The zero-order valence-electron chi connectivity index (χ0n) is 21.1. The lowest BCUT2D eigenvalue weighted by Crippen LogP contribution is -2.63. The molecule has 6 rings (SSSR count). The lowest BCUT2D eigenvalue weighted by atomic mass is 9.52. The first-order valence-corrected chi connectivity index (χ1v) is 12.9. The van der Waals surface area contributed by atoms with Crippen LogP contribution in [0.1, 0.15) is 62.7 Å². The summed E-state index contributed by atoms with van der Waals surface area (Å²) in [4.78, 5) is 27.4. The van der Waals surface area contributed by atoms with E-state index in [2.05, 4.69) is 21.4 Å². The van der Waals surface area contributed by atoms with E-state index in [9.17, 15) is 9.59 Å². The highest BCUT2D eigenvalue weighted by Crippen LogP contribution is 2.57. The Bertz CT molecular complexity index is 1070. The third-order valence-corrected chi connectivity index (χ3v) is 8.36. The number of carbonyl (C=O) groups is 2. The molecule has 194 valence electrons. The van der Waals surface area contributed by atoms with Gasteiger partial charge in [-0.3, -0.25) is 4.79 Å². The van der Waals surface area contributed by atoms with Crippen LogP contribution in [0.5, 0.6) is 0 Å². The van der Waals surface area contributed by atoms with Gasteiger partial charge in [-0.25, -0.2) is 9.48 Å². The SMILES string of the molecule is CC(C)(/C=C/n1ncc(C(=O)NC2C3CC4CC2CC(OC(N)=O)(C4)C3)c1N1CCOCC1)CC#N. The van der Waals surface area contributed by atoms with Crippen molar-refractivity contribution in [2.75, 3.05) is 31.2 Å². The molecule has 4 bridgehead atoms. The number of ether oxygens (including phenoxy) is 2. The summed E-state index contributed by atoms with van der Waals surface area (Å²) in [5.41, 5.74) is 5.15. The topological polar surface area (TPSA) is 136 Å². The van der Waals surface area contributed by atoms with Gasteiger partial charge in [0.05, 0.1) is 25.5 Å². The van der Waals surface area contributed by atoms with Crippen molar-refractivity contribution in [1.82, 2.24) is 15.1 Å². The van der Waals surface area contributed by atoms with Crippen LogP contribution in [0.25, 0.3) is 6.20 Å². The normalized spacial score (nSPS) is 31.4. The molecule has 2 amide bonds. The third-order valence-electron chi connectivity index (χ3n) is 8.36. The van der Waals surface area contributed by atoms with Gasteiger partial charge in [0.1, 0.15) is 17.0 Å². The summed E-state index contributed by atoms with van der Waals surface area (Å²) < 4.78 is 12.9. The molecular formula is C26H36N6O4. The summed E-state index contributed by atoms with van der Waals surface area (Å²) in [7, 11) is 0. The Hall–Kier alpha value is -3.06. The van der Waals surface area contributed by atoms with E-state index in [0.717, 1.165) is 37.9 Å². The molecule has 1 aromatic rings. The van der Waals surface area contributed by atoms with E-state index in [-0.39, 0.29) is 29.2 Å². The number of amides is 2. The van der Waals surface area contributed by atoms with Gasteiger partial charge in [-0.2, -0.15) is 10.4 Å². The quantitative estimate of drug-likeness (QED) is 0.592. The van der Waals surface area contributed by atoms with Crippen molar-refractivity contribution in [3.63, 3.8) is 0 Å². The van der Waals surface area contributed by atoms with Gasteiger partial charge in [0.15, 0.2) is 0 Å². The molecule has 3 N–H and O–H groups in total. The average Bonchev–Trinajstić information content (AvgIpc) is 3.23. The van der Waals surface area contributed by atoms with Gasteiger partial charge in [0.2, 0.25) is 0 Å². The predicted octanol–water partition coefficient (Wildman–Crippen LogP) is 2.90. The number of nitriles is 1. The predicted molar refractivity (Wildman–Crippen MR) is 133 cm³/mol. The van der Waals surface area contributed by atoms with Crippen LogP contribution in [0.15, 0.2) is 12.3 Å². The number of hydrogen-bond donors (Lipinski definition) is 2. The van der Waals surface area contributed by atoms with Crippen molar-refractivity contribution in [1.29, 1.82) is 5.26 Å². The number of rotatable bonds is 7. The van der Waals surface area contributed by atoms with Crippen molar-refractivity contribution < 1.29 is 19.1 Å². The summed E-state index contributed by atoms with van der Waals surface area (Å²) in [6.45, 7) is 6.52. The van der Waals surface area contributed by atoms with Crippen LogP contribution in [-0.4, -0.2) is 59.7 Å². The Labute approximate surface area is 211 Å². The minimum atomic E-state index is -0.703. The van der Waals surface area contributed by atoms with Crippen molar-refractivity contribution in [2.45, 2.75) is 64.0 Å². The first kappa shape index (κ1) is 24.6. The van der Waals surface area contributed by atoms with E-state index < -0.39 is 11.7 Å². The van der Waals surface area contributed by atoms with Crippen LogP contribution < -0.4 is 16.0 Å². The number of hydrogen-bond acceptors (Lipinski definition) is 7. The summed E-state index contributed by atoms with van der Waals surface area (Å²) in [5.74, 6) is 1.68. The Balaban J connectivity index is 1.37. The van der Waals surface area contributed by atoms with Gasteiger partial charge < -0.3 is 25.4 Å². The Kier molecular flexibility index (Phi) is 6.45. The maximum Gasteiger partial charge on any atom is 0.405 e. The Morgan fingerprint density at radius 1 is 1.31 bits per heavy atom. The van der Waals surface area contributed by atoms with Crippen molar-refractivity contribution in [3.8, 4) is 6.07 Å². The minimum absolute atomic E-state index is 0.0460. The summed E-state index contributed by atoms with van der Waals surface area (Å²) >= 11 is 0. The fraction of sp³-hybridized carbons (Fsp3) is 0.692. The molecule has 1 aliphatic heterocycles. The zero-order valence-corrected chi connectivity index (χ0v) is 21.1. The van der Waals surface area contributed by atoms with Crippen LogP contribution >= 0.6 is 0 Å². The van der Waals surface area contributed by atoms with E-state index >= 15 is 0 Å². The zero-order chi connectivity index (χ0) is 25.5. The molecule has 1 saturated heterocycles. The molecule has 4 aliphatic carbocycles. The second-order valence-corrected chi connectivity index (χ2v) is 11.6. The molecule has 10 heteroatoms. The number of nitrogens with zero attached hydrogens (tertiary/aromatic N) is 4. The number of carbonyl (C=O) groups excluding carboxylic acids is 2. The van der Waals surface area contributed by atoms with Crippen molar-refractivity contribution in [3.05, 3.63) is 17.8 Å². The highest BCUT2D eigenvalue weighted by molar-refractivity contribution is 5.99. The number of anilines is 1. The first-order chi connectivity index (χ1) is 17.2. The molecule has 0 aromatic carbocycles. The minimum Gasteiger partial charge on any atom is -0.443 e. The van der Waals surface area contributed by atoms with E-state index in [1.165, 1.54) is 0 Å². The molecule has 2 atom stereocenters. The summed E-state index contributed by atoms with van der Waals surface area (Å²) in [6, 6.07) is 2.27. The van der Waals surface area contributed by atoms with Crippen molar-refractivity contribution >= 4 is 24.0 Å². The lowest BCUT2D eigenvalue weighted by Gasteiger charge is -2.58. The Morgan fingerprint density at radius 2 is 2.00 bits per heavy atom. The van der Waals surface area contributed by atoms with Crippen LogP contribution in [0.2, 0.25) is 0 Å². The highest BCUT2D eigenvalue weighted by atomic mass is 16.6. The molecule has 10 nitrogen and oxygen atoms in total. The van der Waals surface area contributed by atoms with Crippen LogP contribution in [-0.2, 0) is 9.47 Å². The molecule has 5 fully saturated rings. The number of aromatic nitrogens is 2. The van der Waals surface area contributed by atoms with Crippen LogP contribution in [0, 0.1) is 34.5 Å². The van der Waals surface area contributed by atoms with Gasteiger partial charge in [0, 0.05) is 31.8 Å². The molecular weight excluding hydrogens is 460 g/mol. The van der Waals surface area contributed by atoms with Gasteiger partial charge in [-0.05, 0) is 55.3 Å². The molecule has 2 heterocycles. The Morgan fingerprint density at radius 3 is 2.64 bits per heavy atom. The number of nitrogens with one attached hydrogen (secondary N) is 1. The van der Waals surface area contributed by atoms with Gasteiger partial charge in [0.25, 0.3) is 5.91 Å². The number of allylic oxidation sites excluding steroid dienone is 1. The first-order valence-electron chi connectivity index (χ1n) is 12.9. The molecule has 0 radical (unpaired) electrons. The second-order valence-electron chi connectivity index (χ2n) is 11.6. The average molecular weight is 497 g/mol. The van der Waals surface area contributed by atoms with E-state index in [4.69, 9.17) is 20.5 Å². The van der Waals surface area contributed by atoms with Gasteiger partial charge in [-0.1, -0.05) is 19.9 Å². The summed E-state index contributed by atoms with van der Waals surface area (Å²) in [5, 5.41) is 17.0. The number of primary amides is 1. The molecule has 1 aromatic heterocycles. The molecule has 2 unspecified atom stereocenters. The maximum atomic E-state index is 13.7. The number of morpholine rings is 1. The fourth-order valence-corrected chi connectivity index (χ4v) is 7.00. The standard InChI is InChI=1S/C26H36N6O4/c1-25(2,3-5-27)4-6-32-23(31-7-9-35-10-8-31)20(16-29-32)22(33)30-21-18-11-17-12-19(21)15-26(13-17,14-18)36-24(28)34/h4,6,16-19,21H,3,7-15H2,1-2H3,(H2,28,34)(H,30,33)/b6-4+. The van der Waals surface area contributed by atoms with E-state index in [1.54, 1.807) is 10.9 Å². The summed E-state index contributed by atoms with van der Waals surface area (Å²) in [6.07, 6.45) is 9.60. The fourth-order valence-electron chi connectivity index (χ4n) is 7.00. The molecule has 5 aliphatic rings. The number of nitrogens with two attached hydrogens (primary N) is 1. The molecule has 0 spiro atoms. The third kappa shape index (κ3) is 4.81. The molecule has 4 saturated carbocycles. The van der Waals surface area contributed by atoms with Crippen molar-refractivity contribution in [2.24, 2.45) is 28.9 Å². The largest absolute Gasteiger partial charge is 0.443 e. The van der Waals surface area contributed by atoms with Gasteiger partial charge >= 0.3 is 6.09 Å². The van der Waals surface area contributed by atoms with Crippen LogP contribution in [0.3, 0.4) is 0 Å². The lowest BCUT2D eigenvalue weighted by molar-refractivity contribution is -0.137. The maximum absolute atomic E-state index is 13.7. The highest BCUT2D eigenvalue weighted by Gasteiger charge is 2.57. The molecule has 36 heavy (non-hydrogen) atoms. The smallest absolute Gasteiger partial charge is 0.405 e. The van der Waals surface area contributed by atoms with Crippen LogP contribution in [0.4, 0.5) is 10.6 Å². The second kappa shape index (κ2) is 9.43.